The fourth-order valence-electron chi connectivity index (χ4n) is 5.86. The topological polar surface area (TPSA) is 56.6 Å². The van der Waals surface area contributed by atoms with Gasteiger partial charge in [-0.3, -0.25) is 9.48 Å². The highest BCUT2D eigenvalue weighted by Crippen LogP contribution is 2.55. The van der Waals surface area contributed by atoms with E-state index in [4.69, 9.17) is 9.47 Å². The average molecular weight is 438 g/mol. The smallest absolute Gasteiger partial charge is 0.222 e. The summed E-state index contributed by atoms with van der Waals surface area (Å²) >= 11 is 0. The summed E-state index contributed by atoms with van der Waals surface area (Å²) in [6.07, 6.45) is 2.50. The minimum Gasteiger partial charge on any atom is -0.487 e. The van der Waals surface area contributed by atoms with E-state index in [9.17, 15) is 4.79 Å². The number of likely N-dealkylation sites (tertiary alicyclic amines) is 1. The third kappa shape index (κ3) is 3.72. The van der Waals surface area contributed by atoms with E-state index < -0.39 is 0 Å². The minimum absolute atomic E-state index is 0.0648. The number of hydrogen-bond acceptors (Lipinski definition) is 4. The molecule has 0 unspecified atom stereocenters. The van der Waals surface area contributed by atoms with Crippen LogP contribution in [0.15, 0.2) is 24.3 Å². The summed E-state index contributed by atoms with van der Waals surface area (Å²) in [5.41, 5.74) is 4.34. The molecule has 0 bridgehead atoms. The molecule has 2 aromatic rings. The Labute approximate surface area is 190 Å². The van der Waals surface area contributed by atoms with Crippen LogP contribution in [0.25, 0.3) is 0 Å². The van der Waals surface area contributed by atoms with Gasteiger partial charge in [-0.15, -0.1) is 0 Å². The van der Waals surface area contributed by atoms with Crippen LogP contribution in [0.2, 0.25) is 0 Å². The van der Waals surface area contributed by atoms with Crippen LogP contribution in [0.5, 0.6) is 5.75 Å². The fourth-order valence-corrected chi connectivity index (χ4v) is 5.86. The Morgan fingerprint density at radius 2 is 1.97 bits per heavy atom. The van der Waals surface area contributed by atoms with Crippen LogP contribution in [0.3, 0.4) is 0 Å². The van der Waals surface area contributed by atoms with Crippen LogP contribution in [0.4, 0.5) is 0 Å². The molecule has 172 valence electrons. The van der Waals surface area contributed by atoms with Crippen LogP contribution >= 0.6 is 0 Å². The minimum atomic E-state index is -0.289. The number of carbonyl (C=O) groups excluding carboxylic acids is 1. The van der Waals surface area contributed by atoms with E-state index in [0.29, 0.717) is 13.0 Å². The van der Waals surface area contributed by atoms with Gasteiger partial charge in [0.1, 0.15) is 11.4 Å². The van der Waals surface area contributed by atoms with Crippen LogP contribution in [0, 0.1) is 32.1 Å². The van der Waals surface area contributed by atoms with Gasteiger partial charge in [0.15, 0.2) is 0 Å². The van der Waals surface area contributed by atoms with Crippen LogP contribution < -0.4 is 4.74 Å². The Kier molecular flexibility index (Phi) is 5.12. The monoisotopic (exact) mass is 437 g/mol. The summed E-state index contributed by atoms with van der Waals surface area (Å²) in [6, 6.07) is 8.50. The Bertz CT molecular complexity index is 1030. The van der Waals surface area contributed by atoms with Crippen LogP contribution in [-0.2, 0) is 16.1 Å². The molecule has 1 aromatic heterocycles. The third-order valence-electron chi connectivity index (χ3n) is 7.60. The lowest BCUT2D eigenvalue weighted by Crippen LogP contribution is -2.65. The van der Waals surface area contributed by atoms with Gasteiger partial charge in [0.2, 0.25) is 5.91 Å². The highest BCUT2D eigenvalue weighted by Gasteiger charge is 2.56. The number of carbonyl (C=O) groups is 1. The van der Waals surface area contributed by atoms with Crippen molar-refractivity contribution in [1.29, 1.82) is 0 Å². The van der Waals surface area contributed by atoms with Gasteiger partial charge in [0, 0.05) is 48.6 Å². The Balaban J connectivity index is 1.19. The van der Waals surface area contributed by atoms with Gasteiger partial charge in [-0.2, -0.15) is 5.10 Å². The van der Waals surface area contributed by atoms with Crippen molar-refractivity contribution in [2.75, 3.05) is 19.7 Å². The maximum Gasteiger partial charge on any atom is 0.222 e. The van der Waals surface area contributed by atoms with Gasteiger partial charge < -0.3 is 14.4 Å². The number of hydrogen-bond donors (Lipinski definition) is 0. The average Bonchev–Trinajstić information content (AvgIpc) is 3.02. The van der Waals surface area contributed by atoms with Crippen molar-refractivity contribution >= 4 is 5.91 Å². The third-order valence-corrected chi connectivity index (χ3v) is 7.60. The highest BCUT2D eigenvalue weighted by molar-refractivity contribution is 5.77. The zero-order chi connectivity index (χ0) is 22.7. The van der Waals surface area contributed by atoms with Crippen LogP contribution in [0.1, 0.15) is 61.7 Å². The van der Waals surface area contributed by atoms with Crippen molar-refractivity contribution in [2.24, 2.45) is 11.3 Å². The number of ether oxygens (including phenoxy) is 2. The maximum absolute atomic E-state index is 12.8. The summed E-state index contributed by atoms with van der Waals surface area (Å²) in [5.74, 6) is 1.49. The SMILES string of the molecule is Cc1ccc2c(c1)OC(C)(C)[C@H]1CC3(CO[C@H]21)CN(C(=O)CCCn1nc(C)cc1C)C3. The van der Waals surface area contributed by atoms with Gasteiger partial charge in [-0.25, -0.2) is 0 Å². The molecule has 6 nitrogen and oxygen atoms in total. The Morgan fingerprint density at radius 1 is 1.19 bits per heavy atom. The summed E-state index contributed by atoms with van der Waals surface area (Å²) in [5, 5.41) is 4.49. The summed E-state index contributed by atoms with van der Waals surface area (Å²) < 4.78 is 14.9. The predicted octanol–water partition coefficient (Wildman–Crippen LogP) is 4.37. The lowest BCUT2D eigenvalue weighted by Gasteiger charge is -2.58. The zero-order valence-corrected chi connectivity index (χ0v) is 20.0. The molecule has 0 radical (unpaired) electrons. The van der Waals surface area contributed by atoms with Crippen molar-refractivity contribution < 1.29 is 14.3 Å². The molecule has 5 rings (SSSR count). The van der Waals surface area contributed by atoms with E-state index in [0.717, 1.165) is 49.6 Å². The number of aryl methyl sites for hydroxylation is 4. The summed E-state index contributed by atoms with van der Waals surface area (Å²) in [6.45, 7) is 13.6. The first-order valence-electron chi connectivity index (χ1n) is 11.9. The number of aromatic nitrogens is 2. The van der Waals surface area contributed by atoms with Crippen molar-refractivity contribution in [1.82, 2.24) is 14.7 Å². The number of amides is 1. The normalized spacial score (nSPS) is 25.0. The van der Waals surface area contributed by atoms with Gasteiger partial charge in [0.25, 0.3) is 0 Å². The number of fused-ring (bicyclic) bond motifs is 3. The van der Waals surface area contributed by atoms with E-state index in [2.05, 4.69) is 57.1 Å². The second-order valence-electron chi connectivity index (χ2n) is 10.8. The van der Waals surface area contributed by atoms with E-state index in [1.54, 1.807) is 0 Å². The molecule has 0 aliphatic carbocycles. The molecular formula is C26H35N3O3. The molecule has 2 saturated heterocycles. The van der Waals surface area contributed by atoms with Crippen molar-refractivity contribution in [3.05, 3.63) is 46.8 Å². The molecular weight excluding hydrogens is 402 g/mol. The largest absolute Gasteiger partial charge is 0.487 e. The van der Waals surface area contributed by atoms with Gasteiger partial charge in [-0.1, -0.05) is 12.1 Å². The van der Waals surface area contributed by atoms with Crippen LogP contribution in [-0.4, -0.2) is 45.9 Å². The Hall–Kier alpha value is -2.34. The van der Waals surface area contributed by atoms with E-state index >= 15 is 0 Å². The van der Waals surface area contributed by atoms with Gasteiger partial charge in [0.05, 0.1) is 18.4 Å². The predicted molar refractivity (Wildman–Crippen MR) is 123 cm³/mol. The summed E-state index contributed by atoms with van der Waals surface area (Å²) in [7, 11) is 0. The van der Waals surface area contributed by atoms with Crippen molar-refractivity contribution in [3.8, 4) is 5.75 Å². The molecule has 3 aliphatic heterocycles. The first kappa shape index (κ1) is 21.5. The fraction of sp³-hybridized carbons (Fsp3) is 0.615. The Morgan fingerprint density at radius 3 is 2.69 bits per heavy atom. The number of benzene rings is 1. The van der Waals surface area contributed by atoms with Crippen molar-refractivity contribution in [3.63, 3.8) is 0 Å². The summed E-state index contributed by atoms with van der Waals surface area (Å²) in [4.78, 5) is 14.8. The number of rotatable bonds is 4. The molecule has 6 heteroatoms. The highest BCUT2D eigenvalue weighted by atomic mass is 16.5. The molecule has 1 aromatic carbocycles. The van der Waals surface area contributed by atoms with Gasteiger partial charge >= 0.3 is 0 Å². The van der Waals surface area contributed by atoms with Crippen molar-refractivity contribution in [2.45, 2.75) is 72.1 Å². The van der Waals surface area contributed by atoms with Gasteiger partial charge in [-0.05, 0) is 65.2 Å². The van der Waals surface area contributed by atoms with E-state index in [1.165, 1.54) is 11.1 Å². The molecule has 4 heterocycles. The molecule has 0 N–H and O–H groups in total. The molecule has 2 atom stereocenters. The molecule has 32 heavy (non-hydrogen) atoms. The molecule has 0 saturated carbocycles. The first-order valence-corrected chi connectivity index (χ1v) is 11.9. The molecule has 1 spiro atoms. The lowest BCUT2D eigenvalue weighted by molar-refractivity contribution is -0.201. The molecule has 1 amide bonds. The standard InChI is InChI=1S/C26H35N3O3/c1-17-8-9-20-22(11-17)32-25(4,5)21-13-26(16-31-24(20)21)14-28(15-26)23(30)7-6-10-29-19(3)12-18(2)27-29/h8-9,11-12,21,24H,6-7,10,13-16H2,1-5H3/t21-,24+/m0/s1. The lowest BCUT2D eigenvalue weighted by atomic mass is 9.64. The van der Waals surface area contributed by atoms with E-state index in [-0.39, 0.29) is 28.9 Å². The second kappa shape index (κ2) is 7.62. The van der Waals surface area contributed by atoms with E-state index in [1.807, 2.05) is 16.5 Å². The first-order chi connectivity index (χ1) is 15.2. The maximum atomic E-state index is 12.8. The quantitative estimate of drug-likeness (QED) is 0.713. The molecule has 2 fully saturated rings. The molecule has 3 aliphatic rings. The second-order valence-corrected chi connectivity index (χ2v) is 10.8. The number of nitrogens with zero attached hydrogens (tertiary/aromatic N) is 3. The zero-order valence-electron chi connectivity index (χ0n) is 20.0.